The summed E-state index contributed by atoms with van der Waals surface area (Å²) in [6.07, 6.45) is -0.541. The van der Waals surface area contributed by atoms with Crippen LogP contribution in [0.1, 0.15) is 18.0 Å². The van der Waals surface area contributed by atoms with Crippen molar-refractivity contribution in [1.82, 2.24) is 0 Å². The van der Waals surface area contributed by atoms with Gasteiger partial charge in [0.1, 0.15) is 17.4 Å². The first-order valence-electron chi connectivity index (χ1n) is 4.46. The van der Waals surface area contributed by atoms with Crippen LogP contribution in [0.4, 0.5) is 8.78 Å². The molecule has 0 heterocycles. The highest BCUT2D eigenvalue weighted by atomic mass is 19.1. The molecule has 0 spiro atoms. The lowest BCUT2D eigenvalue weighted by atomic mass is 10.0. The van der Waals surface area contributed by atoms with Gasteiger partial charge in [-0.3, -0.25) is 4.79 Å². The van der Waals surface area contributed by atoms with Crippen molar-refractivity contribution in [3.05, 3.63) is 29.3 Å². The number of carboxylic acids is 1. The summed E-state index contributed by atoms with van der Waals surface area (Å²) in [4.78, 5) is 10.4. The van der Waals surface area contributed by atoms with Crippen molar-refractivity contribution in [2.75, 3.05) is 7.11 Å². The summed E-state index contributed by atoms with van der Waals surface area (Å²) in [5.74, 6) is -3.03. The molecule has 0 aliphatic heterocycles. The fourth-order valence-corrected chi connectivity index (χ4v) is 1.32. The average Bonchev–Trinajstić information content (AvgIpc) is 2.15. The lowest BCUT2D eigenvalue weighted by molar-refractivity contribution is -0.137. The number of methoxy groups -OCH3 is 1. The van der Waals surface area contributed by atoms with Crippen LogP contribution in [0.3, 0.4) is 0 Å². The molecule has 1 atom stereocenters. The zero-order valence-electron chi connectivity index (χ0n) is 8.54. The summed E-state index contributed by atoms with van der Waals surface area (Å²) in [5, 5.41) is 8.48. The summed E-state index contributed by atoms with van der Waals surface area (Å²) in [5.41, 5.74) is 4.95. The van der Waals surface area contributed by atoms with Gasteiger partial charge in [0, 0.05) is 23.7 Å². The number of carboxylic acid groups (broad SMARTS) is 1. The van der Waals surface area contributed by atoms with Gasteiger partial charge < -0.3 is 15.6 Å². The van der Waals surface area contributed by atoms with Gasteiger partial charge in [-0.25, -0.2) is 8.78 Å². The fourth-order valence-electron chi connectivity index (χ4n) is 1.32. The minimum atomic E-state index is -1.22. The van der Waals surface area contributed by atoms with Gasteiger partial charge in [0.15, 0.2) is 0 Å². The molecule has 0 bridgehead atoms. The predicted octanol–water partition coefficient (Wildman–Crippen LogP) is 1.45. The highest BCUT2D eigenvalue weighted by Crippen LogP contribution is 2.26. The third-order valence-corrected chi connectivity index (χ3v) is 2.05. The van der Waals surface area contributed by atoms with Crippen LogP contribution in [0.15, 0.2) is 12.1 Å². The van der Waals surface area contributed by atoms with E-state index in [4.69, 9.17) is 10.8 Å². The van der Waals surface area contributed by atoms with Crippen LogP contribution in [0.5, 0.6) is 5.75 Å². The lowest BCUT2D eigenvalue weighted by Gasteiger charge is -2.12. The van der Waals surface area contributed by atoms with Crippen molar-refractivity contribution in [3.63, 3.8) is 0 Å². The summed E-state index contributed by atoms with van der Waals surface area (Å²) in [6.45, 7) is 0. The largest absolute Gasteiger partial charge is 0.497 e. The third-order valence-electron chi connectivity index (χ3n) is 2.05. The molecule has 1 rings (SSSR count). The Hall–Kier alpha value is -1.69. The highest BCUT2D eigenvalue weighted by Gasteiger charge is 2.20. The van der Waals surface area contributed by atoms with E-state index < -0.39 is 35.6 Å². The molecular formula is C10H11F2NO3. The van der Waals surface area contributed by atoms with E-state index in [2.05, 4.69) is 4.74 Å². The van der Waals surface area contributed by atoms with Gasteiger partial charge in [-0.1, -0.05) is 0 Å². The molecular weight excluding hydrogens is 220 g/mol. The van der Waals surface area contributed by atoms with Crippen molar-refractivity contribution in [2.45, 2.75) is 12.5 Å². The van der Waals surface area contributed by atoms with Gasteiger partial charge in [-0.15, -0.1) is 0 Å². The normalized spacial score (nSPS) is 12.2. The molecule has 6 heteroatoms. The minimum absolute atomic E-state index is 0.0151. The van der Waals surface area contributed by atoms with Crippen LogP contribution in [0.25, 0.3) is 0 Å². The fraction of sp³-hybridized carbons (Fsp3) is 0.300. The van der Waals surface area contributed by atoms with E-state index >= 15 is 0 Å². The molecule has 88 valence electrons. The van der Waals surface area contributed by atoms with Crippen LogP contribution in [0.2, 0.25) is 0 Å². The first-order valence-corrected chi connectivity index (χ1v) is 4.46. The van der Waals surface area contributed by atoms with Gasteiger partial charge in [-0.2, -0.15) is 0 Å². The second kappa shape index (κ2) is 4.89. The van der Waals surface area contributed by atoms with Crippen molar-refractivity contribution < 1.29 is 23.4 Å². The van der Waals surface area contributed by atoms with E-state index in [0.717, 1.165) is 12.1 Å². The molecule has 1 aromatic rings. The van der Waals surface area contributed by atoms with Crippen LogP contribution >= 0.6 is 0 Å². The molecule has 0 amide bonds. The second-order valence-corrected chi connectivity index (χ2v) is 3.21. The molecule has 0 aliphatic rings. The first-order chi connectivity index (χ1) is 7.45. The first kappa shape index (κ1) is 12.4. The van der Waals surface area contributed by atoms with Gasteiger partial charge in [0.2, 0.25) is 0 Å². The van der Waals surface area contributed by atoms with Crippen LogP contribution in [-0.4, -0.2) is 18.2 Å². The number of aliphatic carboxylic acids is 1. The zero-order chi connectivity index (χ0) is 12.3. The number of benzene rings is 1. The third kappa shape index (κ3) is 2.66. The van der Waals surface area contributed by atoms with E-state index in [1.165, 1.54) is 7.11 Å². The van der Waals surface area contributed by atoms with Crippen molar-refractivity contribution >= 4 is 5.97 Å². The molecule has 0 saturated heterocycles. The van der Waals surface area contributed by atoms with Crippen molar-refractivity contribution in [1.29, 1.82) is 0 Å². The molecule has 0 aromatic heterocycles. The Morgan fingerprint density at radius 2 is 2.00 bits per heavy atom. The van der Waals surface area contributed by atoms with E-state index in [1.807, 2.05) is 0 Å². The topological polar surface area (TPSA) is 72.5 Å². The van der Waals surface area contributed by atoms with Crippen LogP contribution in [0, 0.1) is 11.6 Å². The Morgan fingerprint density at radius 1 is 1.50 bits per heavy atom. The smallest absolute Gasteiger partial charge is 0.305 e. The second-order valence-electron chi connectivity index (χ2n) is 3.21. The Balaban J connectivity index is 3.08. The Bertz CT molecular complexity index is 386. The molecule has 0 saturated carbocycles. The molecule has 16 heavy (non-hydrogen) atoms. The number of carbonyl (C=O) groups is 1. The average molecular weight is 231 g/mol. The summed E-state index contributed by atoms with van der Waals surface area (Å²) in [6, 6.07) is 0.698. The van der Waals surface area contributed by atoms with Gasteiger partial charge in [0.25, 0.3) is 0 Å². The number of hydrogen-bond acceptors (Lipinski definition) is 3. The van der Waals surface area contributed by atoms with Crippen LogP contribution in [-0.2, 0) is 4.79 Å². The predicted molar refractivity (Wildman–Crippen MR) is 52.1 cm³/mol. The SMILES string of the molecule is COc1cc(F)c([C@@H](N)CC(=O)O)c(F)c1. The lowest BCUT2D eigenvalue weighted by Crippen LogP contribution is -2.18. The van der Waals surface area contributed by atoms with Gasteiger partial charge >= 0.3 is 5.97 Å². The Morgan fingerprint density at radius 3 is 2.38 bits per heavy atom. The highest BCUT2D eigenvalue weighted by molar-refractivity contribution is 5.68. The number of halogens is 2. The number of nitrogens with two attached hydrogens (primary N) is 1. The van der Waals surface area contributed by atoms with E-state index in [9.17, 15) is 13.6 Å². The van der Waals surface area contributed by atoms with Crippen molar-refractivity contribution in [3.8, 4) is 5.75 Å². The number of rotatable bonds is 4. The number of hydrogen-bond donors (Lipinski definition) is 2. The quantitative estimate of drug-likeness (QED) is 0.822. The van der Waals surface area contributed by atoms with E-state index in [1.54, 1.807) is 0 Å². The van der Waals surface area contributed by atoms with Crippen LogP contribution < -0.4 is 10.5 Å². The van der Waals surface area contributed by atoms with E-state index in [0.29, 0.717) is 0 Å². The summed E-state index contributed by atoms with van der Waals surface area (Å²) in [7, 11) is 1.27. The molecule has 1 aromatic carbocycles. The zero-order valence-corrected chi connectivity index (χ0v) is 8.54. The molecule has 3 N–H and O–H groups in total. The maximum absolute atomic E-state index is 13.4. The van der Waals surface area contributed by atoms with E-state index in [-0.39, 0.29) is 5.75 Å². The summed E-state index contributed by atoms with van der Waals surface area (Å²) < 4.78 is 31.5. The van der Waals surface area contributed by atoms with Gasteiger partial charge in [-0.05, 0) is 0 Å². The molecule has 0 fully saturated rings. The molecule has 4 nitrogen and oxygen atoms in total. The molecule has 0 unspecified atom stereocenters. The summed E-state index contributed by atoms with van der Waals surface area (Å²) >= 11 is 0. The van der Waals surface area contributed by atoms with Gasteiger partial charge in [0.05, 0.1) is 13.5 Å². The minimum Gasteiger partial charge on any atom is -0.497 e. The molecule has 0 aliphatic carbocycles. The standard InChI is InChI=1S/C10H11F2NO3/c1-16-5-2-6(11)10(7(12)3-5)8(13)4-9(14)15/h2-3,8H,4,13H2,1H3,(H,14,15)/t8-/m0/s1. The monoisotopic (exact) mass is 231 g/mol. The maximum atomic E-state index is 13.4. The van der Waals surface area contributed by atoms with Crippen molar-refractivity contribution in [2.24, 2.45) is 5.73 Å². The Kier molecular flexibility index (Phi) is 3.78. The Labute approximate surface area is 90.6 Å². The molecule has 0 radical (unpaired) electrons. The number of ether oxygens (including phenoxy) is 1. The maximum Gasteiger partial charge on any atom is 0.305 e.